The number of aryl methyl sites for hydroxylation is 1. The lowest BCUT2D eigenvalue weighted by molar-refractivity contribution is 0.0438. The third-order valence-corrected chi connectivity index (χ3v) is 4.16. The third-order valence-electron chi connectivity index (χ3n) is 4.16. The molecule has 1 aliphatic heterocycles. The van der Waals surface area contributed by atoms with E-state index in [1.807, 2.05) is 12.1 Å². The number of likely N-dealkylation sites (tertiary alicyclic amines) is 1. The summed E-state index contributed by atoms with van der Waals surface area (Å²) >= 11 is 0. The minimum Gasteiger partial charge on any atom is -0.491 e. The van der Waals surface area contributed by atoms with Crippen LogP contribution < -0.4 is 4.74 Å². The summed E-state index contributed by atoms with van der Waals surface area (Å²) in [5.41, 5.74) is 1.31. The highest BCUT2D eigenvalue weighted by Crippen LogP contribution is 2.17. The fraction of sp³-hybridized carbons (Fsp3) is 0.647. The summed E-state index contributed by atoms with van der Waals surface area (Å²) in [7, 11) is 0. The number of β-amino-alcohol motifs (C(OH)–C–C–N with tert-alkyl or cyclic N) is 1. The van der Waals surface area contributed by atoms with Crippen molar-refractivity contribution in [3.63, 3.8) is 0 Å². The summed E-state index contributed by atoms with van der Waals surface area (Å²) in [6, 6.07) is 8.70. The zero-order valence-corrected chi connectivity index (χ0v) is 12.7. The Labute approximate surface area is 122 Å². The van der Waals surface area contributed by atoms with Crippen LogP contribution in [-0.4, -0.2) is 41.8 Å². The minimum atomic E-state index is -0.415. The molecule has 3 nitrogen and oxygen atoms in total. The maximum Gasteiger partial charge on any atom is 0.119 e. The van der Waals surface area contributed by atoms with E-state index < -0.39 is 6.10 Å². The molecule has 0 aliphatic carbocycles. The van der Waals surface area contributed by atoms with Gasteiger partial charge in [-0.05, 0) is 50.4 Å². The molecule has 1 N–H and O–H groups in total. The van der Waals surface area contributed by atoms with Crippen LogP contribution in [0.25, 0.3) is 0 Å². The van der Waals surface area contributed by atoms with Crippen LogP contribution in [0.3, 0.4) is 0 Å². The Bertz CT molecular complexity index is 390. The van der Waals surface area contributed by atoms with Crippen LogP contribution in [0.15, 0.2) is 24.3 Å². The second-order valence-electron chi connectivity index (χ2n) is 5.80. The topological polar surface area (TPSA) is 32.7 Å². The Morgan fingerprint density at radius 3 is 2.70 bits per heavy atom. The van der Waals surface area contributed by atoms with Crippen molar-refractivity contribution in [2.24, 2.45) is 0 Å². The zero-order chi connectivity index (χ0) is 14.4. The molecule has 1 aromatic carbocycles. The van der Waals surface area contributed by atoms with E-state index in [1.54, 1.807) is 0 Å². The van der Waals surface area contributed by atoms with Gasteiger partial charge in [-0.1, -0.05) is 25.5 Å². The Balaban J connectivity index is 1.74. The van der Waals surface area contributed by atoms with E-state index in [4.69, 9.17) is 4.74 Å². The monoisotopic (exact) mass is 277 g/mol. The van der Waals surface area contributed by atoms with E-state index >= 15 is 0 Å². The van der Waals surface area contributed by atoms with Crippen LogP contribution in [0, 0.1) is 0 Å². The van der Waals surface area contributed by atoms with E-state index in [0.29, 0.717) is 19.2 Å². The van der Waals surface area contributed by atoms with Crippen molar-refractivity contribution in [1.29, 1.82) is 0 Å². The highest BCUT2D eigenvalue weighted by Gasteiger charge is 2.20. The third kappa shape index (κ3) is 4.50. The molecule has 1 saturated heterocycles. The number of nitrogens with zero attached hydrogens (tertiary/aromatic N) is 1. The van der Waals surface area contributed by atoms with Gasteiger partial charge in [-0.15, -0.1) is 0 Å². The lowest BCUT2D eigenvalue weighted by Crippen LogP contribution is -2.43. The molecule has 0 amide bonds. The molecule has 2 atom stereocenters. The highest BCUT2D eigenvalue weighted by atomic mass is 16.5. The molecule has 2 rings (SSSR count). The van der Waals surface area contributed by atoms with Gasteiger partial charge in [0.1, 0.15) is 18.5 Å². The summed E-state index contributed by atoms with van der Waals surface area (Å²) < 4.78 is 5.67. The van der Waals surface area contributed by atoms with Crippen molar-refractivity contribution in [3.8, 4) is 5.75 Å². The maximum atomic E-state index is 10.1. The van der Waals surface area contributed by atoms with Gasteiger partial charge >= 0.3 is 0 Å². The molecule has 0 saturated carbocycles. The van der Waals surface area contributed by atoms with Gasteiger partial charge in [0.05, 0.1) is 0 Å². The SMILES string of the molecule is CCc1ccc(OC[C@H](O)CN2CCCC[C@H]2C)cc1. The zero-order valence-electron chi connectivity index (χ0n) is 12.7. The quantitative estimate of drug-likeness (QED) is 0.868. The Morgan fingerprint density at radius 1 is 1.30 bits per heavy atom. The first kappa shape index (κ1) is 15.3. The maximum absolute atomic E-state index is 10.1. The van der Waals surface area contributed by atoms with Crippen LogP contribution in [0.1, 0.15) is 38.7 Å². The van der Waals surface area contributed by atoms with Crippen molar-refractivity contribution in [2.45, 2.75) is 51.7 Å². The van der Waals surface area contributed by atoms with Crippen LogP contribution >= 0.6 is 0 Å². The van der Waals surface area contributed by atoms with E-state index in [9.17, 15) is 5.11 Å². The van der Waals surface area contributed by atoms with Crippen LogP contribution in [-0.2, 0) is 6.42 Å². The van der Waals surface area contributed by atoms with Gasteiger partial charge in [-0.3, -0.25) is 4.90 Å². The molecule has 0 bridgehead atoms. The molecule has 1 aromatic rings. The van der Waals surface area contributed by atoms with Gasteiger partial charge in [0.25, 0.3) is 0 Å². The van der Waals surface area contributed by atoms with Crippen molar-refractivity contribution >= 4 is 0 Å². The van der Waals surface area contributed by atoms with E-state index in [-0.39, 0.29) is 0 Å². The average molecular weight is 277 g/mol. The minimum absolute atomic E-state index is 0.370. The fourth-order valence-corrected chi connectivity index (χ4v) is 2.77. The number of aliphatic hydroxyl groups is 1. The highest BCUT2D eigenvalue weighted by molar-refractivity contribution is 5.27. The van der Waals surface area contributed by atoms with Crippen molar-refractivity contribution in [3.05, 3.63) is 29.8 Å². The summed E-state index contributed by atoms with van der Waals surface area (Å²) in [6.45, 7) is 6.57. The molecule has 0 unspecified atom stereocenters. The van der Waals surface area contributed by atoms with E-state index in [2.05, 4.69) is 30.9 Å². The molecule has 0 aromatic heterocycles. The first-order valence-electron chi connectivity index (χ1n) is 7.83. The first-order chi connectivity index (χ1) is 9.69. The van der Waals surface area contributed by atoms with Gasteiger partial charge in [0.2, 0.25) is 0 Å². The average Bonchev–Trinajstić information content (AvgIpc) is 2.48. The molecule has 112 valence electrons. The molecule has 0 radical (unpaired) electrons. The lowest BCUT2D eigenvalue weighted by Gasteiger charge is -2.34. The summed E-state index contributed by atoms with van der Waals surface area (Å²) in [5, 5.41) is 10.1. The molecular formula is C17H27NO2. The van der Waals surface area contributed by atoms with Crippen LogP contribution in [0.2, 0.25) is 0 Å². The van der Waals surface area contributed by atoms with Crippen LogP contribution in [0.4, 0.5) is 0 Å². The van der Waals surface area contributed by atoms with Crippen LogP contribution in [0.5, 0.6) is 5.75 Å². The van der Waals surface area contributed by atoms with Gasteiger partial charge in [-0.25, -0.2) is 0 Å². The Hall–Kier alpha value is -1.06. The van der Waals surface area contributed by atoms with Gasteiger partial charge in [0.15, 0.2) is 0 Å². The largest absolute Gasteiger partial charge is 0.491 e. The number of benzene rings is 1. The summed E-state index contributed by atoms with van der Waals surface area (Å²) in [6.07, 6.45) is 4.42. The number of hydrogen-bond acceptors (Lipinski definition) is 3. The van der Waals surface area contributed by atoms with Gasteiger partial charge < -0.3 is 9.84 Å². The second kappa shape index (κ2) is 7.65. The van der Waals surface area contributed by atoms with Crippen molar-refractivity contribution in [2.75, 3.05) is 19.7 Å². The predicted octanol–water partition coefficient (Wildman–Crippen LogP) is 2.86. The molecule has 3 heteroatoms. The molecule has 1 aliphatic rings. The number of hydrogen-bond donors (Lipinski definition) is 1. The number of piperidine rings is 1. The molecule has 1 fully saturated rings. The Morgan fingerprint density at radius 2 is 2.05 bits per heavy atom. The van der Waals surface area contributed by atoms with Gasteiger partial charge in [-0.2, -0.15) is 0 Å². The number of aliphatic hydroxyl groups excluding tert-OH is 1. The number of rotatable bonds is 6. The lowest BCUT2D eigenvalue weighted by atomic mass is 10.0. The fourth-order valence-electron chi connectivity index (χ4n) is 2.77. The standard InChI is InChI=1S/C17H27NO2/c1-3-15-7-9-17(10-8-15)20-13-16(19)12-18-11-5-4-6-14(18)2/h7-10,14,16,19H,3-6,11-13H2,1-2H3/t14-,16-/m1/s1. The molecular weight excluding hydrogens is 250 g/mol. The molecule has 0 spiro atoms. The summed E-state index contributed by atoms with van der Waals surface area (Å²) in [4.78, 5) is 2.37. The smallest absolute Gasteiger partial charge is 0.119 e. The van der Waals surface area contributed by atoms with Gasteiger partial charge in [0, 0.05) is 12.6 Å². The second-order valence-corrected chi connectivity index (χ2v) is 5.80. The Kier molecular flexibility index (Phi) is 5.86. The normalized spacial score (nSPS) is 21.6. The predicted molar refractivity (Wildman–Crippen MR) is 82.2 cm³/mol. The number of ether oxygens (including phenoxy) is 1. The van der Waals surface area contributed by atoms with E-state index in [0.717, 1.165) is 18.7 Å². The summed E-state index contributed by atoms with van der Waals surface area (Å²) in [5.74, 6) is 0.841. The van der Waals surface area contributed by atoms with Crippen molar-refractivity contribution in [1.82, 2.24) is 4.90 Å². The van der Waals surface area contributed by atoms with Crippen molar-refractivity contribution < 1.29 is 9.84 Å². The molecule has 1 heterocycles. The van der Waals surface area contributed by atoms with E-state index in [1.165, 1.54) is 24.8 Å². The molecule has 20 heavy (non-hydrogen) atoms. The first-order valence-corrected chi connectivity index (χ1v) is 7.83.